The topological polar surface area (TPSA) is 129 Å². The largest absolute Gasteiger partial charge is 0.459 e. The minimum Gasteiger partial charge on any atom is -0.459 e. The van der Waals surface area contributed by atoms with Crippen LogP contribution in [0.3, 0.4) is 0 Å². The Kier molecular flexibility index (Phi) is 5.55. The third-order valence-electron chi connectivity index (χ3n) is 9.36. The van der Waals surface area contributed by atoms with Crippen molar-refractivity contribution in [2.45, 2.75) is 96.4 Å². The van der Waals surface area contributed by atoms with E-state index in [1.54, 1.807) is 6.92 Å². The third kappa shape index (κ3) is 3.12. The standard InChI is InChI=1S/C25H36O9/c1-13(26)32-17-12-21(3,4)25(30)9-8-15-16(22(25,5)20(17)33-14(2)27)11-24(31-7)18(23(15,6)29)10-19(28)34-24/h10,15-17,20,29-30H,8-9,11-12H2,1-7H3/t15-,16+,17+,20+,22+,23+,24-,25-/m1/s1. The van der Waals surface area contributed by atoms with E-state index in [0.29, 0.717) is 24.8 Å². The molecule has 34 heavy (non-hydrogen) atoms. The molecule has 3 aliphatic carbocycles. The van der Waals surface area contributed by atoms with Crippen LogP contribution in [0.1, 0.15) is 67.2 Å². The van der Waals surface area contributed by atoms with Gasteiger partial charge in [0.05, 0.1) is 11.2 Å². The molecule has 1 heterocycles. The number of methoxy groups -OCH3 is 1. The highest BCUT2D eigenvalue weighted by atomic mass is 16.7. The Hall–Kier alpha value is -1.97. The fraction of sp³-hybridized carbons (Fsp3) is 0.800. The normalized spacial score (nSPS) is 46.9. The van der Waals surface area contributed by atoms with Gasteiger partial charge in [0.25, 0.3) is 0 Å². The summed E-state index contributed by atoms with van der Waals surface area (Å²) in [5.74, 6) is -4.09. The van der Waals surface area contributed by atoms with Crippen LogP contribution in [0.2, 0.25) is 0 Å². The van der Waals surface area contributed by atoms with Crippen molar-refractivity contribution in [3.63, 3.8) is 0 Å². The number of fused-ring (bicyclic) bond motifs is 4. The second-order valence-corrected chi connectivity index (χ2v) is 11.4. The lowest BCUT2D eigenvalue weighted by atomic mass is 9.39. The second-order valence-electron chi connectivity index (χ2n) is 11.4. The monoisotopic (exact) mass is 480 g/mol. The molecule has 0 spiro atoms. The van der Waals surface area contributed by atoms with E-state index in [2.05, 4.69) is 0 Å². The van der Waals surface area contributed by atoms with Gasteiger partial charge >= 0.3 is 17.9 Å². The molecule has 9 nitrogen and oxygen atoms in total. The number of carbonyl (C=O) groups is 3. The molecule has 0 radical (unpaired) electrons. The first-order chi connectivity index (χ1) is 15.6. The summed E-state index contributed by atoms with van der Waals surface area (Å²) in [5, 5.41) is 24.2. The van der Waals surface area contributed by atoms with Crippen LogP contribution in [-0.4, -0.2) is 64.4 Å². The molecule has 2 N–H and O–H groups in total. The number of hydrogen-bond acceptors (Lipinski definition) is 9. The van der Waals surface area contributed by atoms with E-state index in [0.717, 1.165) is 0 Å². The predicted molar refractivity (Wildman–Crippen MR) is 118 cm³/mol. The quantitative estimate of drug-likeness (QED) is 0.460. The maximum atomic E-state index is 12.4. The molecule has 0 aromatic carbocycles. The molecule has 0 unspecified atom stereocenters. The SMILES string of the molecule is CO[C@@]12C[C@H]3[C@@H](CC[C@@]4(O)C(C)(C)C[C@H](OC(C)=O)[C@H](OC(C)=O)[C@]34C)[C@](C)(O)C1=CC(=O)O2. The molecular weight excluding hydrogens is 444 g/mol. The van der Waals surface area contributed by atoms with Gasteiger partial charge in [-0.3, -0.25) is 9.59 Å². The molecule has 3 saturated carbocycles. The summed E-state index contributed by atoms with van der Waals surface area (Å²) in [6.45, 7) is 9.88. The van der Waals surface area contributed by atoms with Gasteiger partial charge in [0.15, 0.2) is 0 Å². The highest BCUT2D eigenvalue weighted by Gasteiger charge is 2.76. The number of aliphatic hydroxyl groups is 2. The average molecular weight is 481 g/mol. The van der Waals surface area contributed by atoms with E-state index in [1.807, 2.05) is 20.8 Å². The van der Waals surface area contributed by atoms with Crippen molar-refractivity contribution in [1.82, 2.24) is 0 Å². The van der Waals surface area contributed by atoms with Gasteiger partial charge in [-0.2, -0.15) is 0 Å². The van der Waals surface area contributed by atoms with Crippen molar-refractivity contribution in [3.8, 4) is 0 Å². The summed E-state index contributed by atoms with van der Waals surface area (Å²) in [6.07, 6.45) is 0.767. The van der Waals surface area contributed by atoms with Crippen LogP contribution < -0.4 is 0 Å². The van der Waals surface area contributed by atoms with E-state index in [4.69, 9.17) is 18.9 Å². The predicted octanol–water partition coefficient (Wildman–Crippen LogP) is 2.02. The Morgan fingerprint density at radius 2 is 1.65 bits per heavy atom. The van der Waals surface area contributed by atoms with Crippen LogP contribution in [0.4, 0.5) is 0 Å². The van der Waals surface area contributed by atoms with Gasteiger partial charge in [-0.1, -0.05) is 20.8 Å². The molecule has 9 heteroatoms. The zero-order valence-corrected chi connectivity index (χ0v) is 21.0. The Bertz CT molecular complexity index is 952. The molecule has 3 fully saturated rings. The smallest absolute Gasteiger partial charge is 0.333 e. The third-order valence-corrected chi connectivity index (χ3v) is 9.36. The van der Waals surface area contributed by atoms with Crippen LogP contribution in [-0.2, 0) is 33.3 Å². The molecular formula is C25H36O9. The summed E-state index contributed by atoms with van der Waals surface area (Å²) < 4.78 is 22.8. The van der Waals surface area contributed by atoms with Crippen molar-refractivity contribution in [3.05, 3.63) is 11.6 Å². The lowest BCUT2D eigenvalue weighted by Crippen LogP contribution is -2.77. The summed E-state index contributed by atoms with van der Waals surface area (Å²) in [6, 6.07) is 0. The lowest BCUT2D eigenvalue weighted by molar-refractivity contribution is -0.328. The molecule has 1 aliphatic heterocycles. The van der Waals surface area contributed by atoms with E-state index in [1.165, 1.54) is 27.0 Å². The molecule has 4 rings (SSSR count). The van der Waals surface area contributed by atoms with Gasteiger partial charge in [0.1, 0.15) is 12.2 Å². The maximum Gasteiger partial charge on any atom is 0.333 e. The number of ether oxygens (including phenoxy) is 4. The maximum absolute atomic E-state index is 12.4. The zero-order chi connectivity index (χ0) is 25.5. The minimum absolute atomic E-state index is 0.154. The molecule has 0 saturated heterocycles. The van der Waals surface area contributed by atoms with Gasteiger partial charge in [0, 0.05) is 44.4 Å². The van der Waals surface area contributed by atoms with Gasteiger partial charge in [-0.15, -0.1) is 0 Å². The summed E-state index contributed by atoms with van der Waals surface area (Å²) >= 11 is 0. The van der Waals surface area contributed by atoms with Crippen molar-refractivity contribution in [2.24, 2.45) is 22.7 Å². The molecule has 0 amide bonds. The molecule has 190 valence electrons. The Morgan fingerprint density at radius 1 is 1.03 bits per heavy atom. The fourth-order valence-electron chi connectivity index (χ4n) is 7.84. The molecule has 0 bridgehead atoms. The van der Waals surface area contributed by atoms with Crippen molar-refractivity contribution >= 4 is 17.9 Å². The number of rotatable bonds is 3. The zero-order valence-electron chi connectivity index (χ0n) is 21.0. The minimum atomic E-state index is -1.50. The fourth-order valence-corrected chi connectivity index (χ4v) is 7.84. The second kappa shape index (κ2) is 7.51. The summed E-state index contributed by atoms with van der Waals surface area (Å²) in [4.78, 5) is 36.6. The van der Waals surface area contributed by atoms with Gasteiger partial charge < -0.3 is 29.2 Å². The first-order valence-corrected chi connectivity index (χ1v) is 11.9. The van der Waals surface area contributed by atoms with Gasteiger partial charge in [0.2, 0.25) is 5.79 Å². The van der Waals surface area contributed by atoms with E-state index >= 15 is 0 Å². The van der Waals surface area contributed by atoms with E-state index in [-0.39, 0.29) is 6.42 Å². The summed E-state index contributed by atoms with van der Waals surface area (Å²) in [7, 11) is 1.41. The van der Waals surface area contributed by atoms with E-state index < -0.39 is 69.8 Å². The Morgan fingerprint density at radius 3 is 2.21 bits per heavy atom. The summed E-state index contributed by atoms with van der Waals surface area (Å²) in [5.41, 5.74) is -4.35. The number of esters is 3. The van der Waals surface area contributed by atoms with Gasteiger partial charge in [-0.25, -0.2) is 4.79 Å². The molecule has 0 aromatic heterocycles. The highest BCUT2D eigenvalue weighted by molar-refractivity contribution is 5.87. The van der Waals surface area contributed by atoms with Gasteiger partial charge in [-0.05, 0) is 43.4 Å². The number of hydrogen-bond donors (Lipinski definition) is 2. The molecule has 8 atom stereocenters. The Balaban J connectivity index is 1.93. The lowest BCUT2D eigenvalue weighted by Gasteiger charge is -2.70. The van der Waals surface area contributed by atoms with Crippen molar-refractivity contribution < 1.29 is 43.5 Å². The number of carbonyl (C=O) groups excluding carboxylic acids is 3. The molecule has 4 aliphatic rings. The highest BCUT2D eigenvalue weighted by Crippen LogP contribution is 2.70. The van der Waals surface area contributed by atoms with E-state index in [9.17, 15) is 24.6 Å². The van der Waals surface area contributed by atoms with Crippen molar-refractivity contribution in [1.29, 1.82) is 0 Å². The average Bonchev–Trinajstić information content (AvgIpc) is 3.05. The Labute approximate surface area is 199 Å². The van der Waals surface area contributed by atoms with Crippen LogP contribution in [0.15, 0.2) is 11.6 Å². The van der Waals surface area contributed by atoms with Crippen LogP contribution >= 0.6 is 0 Å². The first-order valence-electron chi connectivity index (χ1n) is 11.9. The van der Waals surface area contributed by atoms with Crippen LogP contribution in [0, 0.1) is 22.7 Å². The molecule has 0 aromatic rings. The van der Waals surface area contributed by atoms with Crippen LogP contribution in [0.5, 0.6) is 0 Å². The van der Waals surface area contributed by atoms with Crippen LogP contribution in [0.25, 0.3) is 0 Å². The van der Waals surface area contributed by atoms with Crippen molar-refractivity contribution in [2.75, 3.05) is 7.11 Å². The first kappa shape index (κ1) is 25.1.